The minimum Gasteiger partial charge on any atom is -0.491 e. The fraction of sp³-hybridized carbons (Fsp3) is 0.286. The maximum atomic E-state index is 12.4. The van der Waals surface area contributed by atoms with Crippen LogP contribution in [0.1, 0.15) is 0 Å². The van der Waals surface area contributed by atoms with Crippen molar-refractivity contribution in [3.05, 3.63) is 84.9 Å². The number of carbonyl (C=O) groups is 2. The molecule has 0 radical (unpaired) electrons. The first-order chi connectivity index (χ1) is 18.6. The van der Waals surface area contributed by atoms with Crippen LogP contribution in [0, 0.1) is 0 Å². The summed E-state index contributed by atoms with van der Waals surface area (Å²) >= 11 is 0. The highest BCUT2D eigenvalue weighted by Crippen LogP contribution is 2.20. The zero-order valence-corrected chi connectivity index (χ0v) is 20.8. The molecular formula is C28H30N4O6. The molecule has 5 rings (SSSR count). The van der Waals surface area contributed by atoms with E-state index < -0.39 is 0 Å². The average molecular weight is 519 g/mol. The summed E-state index contributed by atoms with van der Waals surface area (Å²) in [6, 6.07) is 25.5. The minimum atomic E-state index is -0.214. The van der Waals surface area contributed by atoms with Gasteiger partial charge in [0.05, 0.1) is 13.1 Å². The van der Waals surface area contributed by atoms with Gasteiger partial charge in [-0.2, -0.15) is 0 Å². The van der Waals surface area contributed by atoms with Gasteiger partial charge in [-0.3, -0.25) is 9.80 Å². The zero-order chi connectivity index (χ0) is 26.2. The molecule has 0 saturated carbocycles. The van der Waals surface area contributed by atoms with Crippen LogP contribution in [0.4, 0.5) is 21.0 Å². The van der Waals surface area contributed by atoms with E-state index >= 15 is 0 Å². The SMILES string of the molecule is O=C(Nc1ccccc1)N1COC(COc2ccc(OCC3CN(C(=O)Nc4ccccc4)CO3)cc2)C1. The van der Waals surface area contributed by atoms with E-state index in [9.17, 15) is 9.59 Å². The number of benzene rings is 3. The molecule has 2 aliphatic heterocycles. The third-order valence-electron chi connectivity index (χ3n) is 6.10. The second kappa shape index (κ2) is 12.3. The smallest absolute Gasteiger partial charge is 0.323 e. The molecule has 0 spiro atoms. The molecule has 0 aliphatic carbocycles. The molecule has 10 heteroatoms. The number of rotatable bonds is 8. The fourth-order valence-corrected chi connectivity index (χ4v) is 4.04. The Hall–Kier alpha value is -4.28. The Morgan fingerprint density at radius 1 is 0.658 bits per heavy atom. The topological polar surface area (TPSA) is 102 Å². The van der Waals surface area contributed by atoms with Crippen LogP contribution in [-0.2, 0) is 9.47 Å². The summed E-state index contributed by atoms with van der Waals surface area (Å²) in [4.78, 5) is 28.0. The lowest BCUT2D eigenvalue weighted by molar-refractivity contribution is 0.0622. The Morgan fingerprint density at radius 3 is 1.45 bits per heavy atom. The molecule has 3 aromatic rings. The van der Waals surface area contributed by atoms with Crippen LogP contribution in [0.25, 0.3) is 0 Å². The summed E-state index contributed by atoms with van der Waals surface area (Å²) in [5.74, 6) is 1.35. The molecule has 198 valence electrons. The highest BCUT2D eigenvalue weighted by atomic mass is 16.6. The predicted octanol–water partition coefficient (Wildman–Crippen LogP) is 4.23. The first-order valence-electron chi connectivity index (χ1n) is 12.4. The predicted molar refractivity (Wildman–Crippen MR) is 141 cm³/mol. The molecule has 2 unspecified atom stereocenters. The van der Waals surface area contributed by atoms with E-state index in [4.69, 9.17) is 18.9 Å². The van der Waals surface area contributed by atoms with Crippen molar-refractivity contribution in [3.8, 4) is 11.5 Å². The monoisotopic (exact) mass is 518 g/mol. The molecule has 2 aliphatic rings. The molecule has 2 N–H and O–H groups in total. The highest BCUT2D eigenvalue weighted by Gasteiger charge is 2.28. The van der Waals surface area contributed by atoms with Crippen LogP contribution >= 0.6 is 0 Å². The molecule has 2 saturated heterocycles. The number of urea groups is 2. The number of hydrogen-bond acceptors (Lipinski definition) is 6. The van der Waals surface area contributed by atoms with Crippen LogP contribution in [0.2, 0.25) is 0 Å². The lowest BCUT2D eigenvalue weighted by atomic mass is 10.3. The van der Waals surface area contributed by atoms with Gasteiger partial charge in [-0.05, 0) is 48.5 Å². The quantitative estimate of drug-likeness (QED) is 0.463. The summed E-state index contributed by atoms with van der Waals surface area (Å²) in [6.45, 7) is 1.98. The van der Waals surface area contributed by atoms with E-state index in [0.29, 0.717) is 37.8 Å². The zero-order valence-electron chi connectivity index (χ0n) is 20.8. The van der Waals surface area contributed by atoms with Gasteiger partial charge in [0.15, 0.2) is 0 Å². The van der Waals surface area contributed by atoms with E-state index in [2.05, 4.69) is 10.6 Å². The average Bonchev–Trinajstić information content (AvgIpc) is 3.63. The van der Waals surface area contributed by atoms with Gasteiger partial charge in [-0.15, -0.1) is 0 Å². The lowest BCUT2D eigenvalue weighted by Gasteiger charge is -2.16. The van der Waals surface area contributed by atoms with Gasteiger partial charge in [-0.25, -0.2) is 9.59 Å². The molecule has 38 heavy (non-hydrogen) atoms. The molecule has 10 nitrogen and oxygen atoms in total. The highest BCUT2D eigenvalue weighted by molar-refractivity contribution is 5.89. The standard InChI is InChI=1S/C28H30N4O6/c33-27(29-21-7-3-1-4-8-21)31-15-25(37-19-31)17-35-23-11-13-24(14-12-23)36-18-26-16-32(20-38-26)28(34)30-22-9-5-2-6-10-22/h1-14,25-26H,15-20H2,(H,29,33)(H,30,34). The van der Waals surface area contributed by atoms with Gasteiger partial charge in [0.25, 0.3) is 0 Å². The van der Waals surface area contributed by atoms with Crippen molar-refractivity contribution in [2.45, 2.75) is 12.2 Å². The van der Waals surface area contributed by atoms with Crippen LogP contribution in [0.15, 0.2) is 84.9 Å². The first kappa shape index (κ1) is 25.4. The van der Waals surface area contributed by atoms with E-state index in [-0.39, 0.29) is 37.7 Å². The second-order valence-electron chi connectivity index (χ2n) is 8.97. The van der Waals surface area contributed by atoms with Crippen molar-refractivity contribution in [1.82, 2.24) is 9.80 Å². The summed E-state index contributed by atoms with van der Waals surface area (Å²) in [6.07, 6.45) is -0.428. The van der Waals surface area contributed by atoms with Crippen molar-refractivity contribution >= 4 is 23.4 Å². The molecule has 2 heterocycles. The molecule has 0 bridgehead atoms. The molecule has 0 aromatic heterocycles. The Kier molecular flexibility index (Phi) is 8.22. The molecule has 3 aromatic carbocycles. The summed E-state index contributed by atoms with van der Waals surface area (Å²) < 4.78 is 23.1. The fourth-order valence-electron chi connectivity index (χ4n) is 4.04. The Bertz CT molecular complexity index is 1100. The van der Waals surface area contributed by atoms with E-state index in [1.807, 2.05) is 84.9 Å². The molecular weight excluding hydrogens is 488 g/mol. The Morgan fingerprint density at radius 2 is 1.05 bits per heavy atom. The Balaban J connectivity index is 0.997. The van der Waals surface area contributed by atoms with Crippen LogP contribution in [0.3, 0.4) is 0 Å². The van der Waals surface area contributed by atoms with Gasteiger partial charge < -0.3 is 29.6 Å². The summed E-state index contributed by atoms with van der Waals surface area (Å²) in [5.41, 5.74) is 1.48. The maximum Gasteiger partial charge on any atom is 0.323 e. The number of anilines is 2. The number of para-hydroxylation sites is 2. The van der Waals surface area contributed by atoms with Crippen LogP contribution in [0.5, 0.6) is 11.5 Å². The molecule has 2 fully saturated rings. The number of nitrogens with one attached hydrogen (secondary N) is 2. The first-order valence-corrected chi connectivity index (χ1v) is 12.4. The van der Waals surface area contributed by atoms with Crippen molar-refractivity contribution < 1.29 is 28.5 Å². The molecule has 4 amide bonds. The van der Waals surface area contributed by atoms with Gasteiger partial charge in [0, 0.05) is 11.4 Å². The van der Waals surface area contributed by atoms with Crippen molar-refractivity contribution in [2.24, 2.45) is 0 Å². The van der Waals surface area contributed by atoms with Crippen molar-refractivity contribution in [2.75, 3.05) is 50.4 Å². The van der Waals surface area contributed by atoms with Gasteiger partial charge in [-0.1, -0.05) is 36.4 Å². The van der Waals surface area contributed by atoms with E-state index in [1.54, 1.807) is 9.80 Å². The van der Waals surface area contributed by atoms with Gasteiger partial charge in [0.1, 0.15) is 50.4 Å². The largest absolute Gasteiger partial charge is 0.491 e. The van der Waals surface area contributed by atoms with E-state index in [0.717, 1.165) is 11.4 Å². The van der Waals surface area contributed by atoms with Crippen molar-refractivity contribution in [1.29, 1.82) is 0 Å². The van der Waals surface area contributed by atoms with Crippen LogP contribution < -0.4 is 20.1 Å². The summed E-state index contributed by atoms with van der Waals surface area (Å²) in [5, 5.41) is 5.71. The number of hydrogen-bond donors (Lipinski definition) is 2. The lowest BCUT2D eigenvalue weighted by Crippen LogP contribution is -2.34. The number of ether oxygens (including phenoxy) is 4. The molecule has 2 atom stereocenters. The third kappa shape index (κ3) is 6.93. The number of amides is 4. The second-order valence-corrected chi connectivity index (χ2v) is 8.97. The van der Waals surface area contributed by atoms with E-state index in [1.165, 1.54) is 0 Å². The third-order valence-corrected chi connectivity index (χ3v) is 6.10. The number of carbonyl (C=O) groups excluding carboxylic acids is 2. The summed E-state index contributed by atoms with van der Waals surface area (Å²) in [7, 11) is 0. The maximum absolute atomic E-state index is 12.4. The normalized spacial score (nSPS) is 18.7. The Labute approximate surface area is 221 Å². The van der Waals surface area contributed by atoms with Gasteiger partial charge in [0.2, 0.25) is 0 Å². The van der Waals surface area contributed by atoms with Crippen molar-refractivity contribution in [3.63, 3.8) is 0 Å². The van der Waals surface area contributed by atoms with Gasteiger partial charge >= 0.3 is 12.1 Å². The van der Waals surface area contributed by atoms with Crippen LogP contribution in [-0.4, -0.2) is 73.8 Å². The number of nitrogens with zero attached hydrogens (tertiary/aromatic N) is 2. The minimum absolute atomic E-state index is 0.202.